The Labute approximate surface area is 97.5 Å². The summed E-state index contributed by atoms with van der Waals surface area (Å²) in [4.78, 5) is 0. The zero-order chi connectivity index (χ0) is 11.6. The van der Waals surface area contributed by atoms with E-state index in [1.54, 1.807) is 4.68 Å². The van der Waals surface area contributed by atoms with Crippen LogP contribution in [0.4, 0.5) is 0 Å². The highest BCUT2D eigenvalue weighted by molar-refractivity contribution is 5.07. The lowest BCUT2D eigenvalue weighted by Crippen LogP contribution is -2.35. The molecule has 0 bridgehead atoms. The average molecular weight is 222 g/mol. The Morgan fingerprint density at radius 3 is 2.69 bits per heavy atom. The molecule has 1 unspecified atom stereocenters. The quantitative estimate of drug-likeness (QED) is 0.852. The topological polar surface area (TPSA) is 38.0 Å². The lowest BCUT2D eigenvalue weighted by atomic mass is 9.70. The summed E-state index contributed by atoms with van der Waals surface area (Å²) >= 11 is 0. The molecule has 0 radical (unpaired) electrons. The van der Waals surface area contributed by atoms with Crippen molar-refractivity contribution in [3.8, 4) is 0 Å². The van der Waals surface area contributed by atoms with Crippen LogP contribution >= 0.6 is 0 Å². The van der Waals surface area contributed by atoms with Gasteiger partial charge in [0, 0.05) is 19.7 Å². The van der Waals surface area contributed by atoms with E-state index in [1.165, 1.54) is 19.3 Å². The molecule has 0 spiro atoms. The zero-order valence-corrected chi connectivity index (χ0v) is 10.3. The molecule has 1 aromatic rings. The lowest BCUT2D eigenvalue weighted by molar-refractivity contribution is 0.0104. The van der Waals surface area contributed by atoms with Gasteiger partial charge in [0.1, 0.15) is 0 Å². The molecule has 16 heavy (non-hydrogen) atoms. The van der Waals surface area contributed by atoms with Gasteiger partial charge in [-0.15, -0.1) is 0 Å². The molecule has 0 amide bonds. The van der Waals surface area contributed by atoms with Crippen molar-refractivity contribution in [2.45, 2.75) is 51.6 Å². The Balaban J connectivity index is 1.98. The summed E-state index contributed by atoms with van der Waals surface area (Å²) in [5, 5.41) is 14.5. The van der Waals surface area contributed by atoms with Gasteiger partial charge in [0.05, 0.1) is 12.3 Å². The minimum atomic E-state index is -0.225. The maximum Gasteiger partial charge on any atom is 0.0635 e. The number of aliphatic hydroxyl groups excluding tert-OH is 1. The zero-order valence-electron chi connectivity index (χ0n) is 10.3. The van der Waals surface area contributed by atoms with Crippen molar-refractivity contribution >= 4 is 0 Å². The highest BCUT2D eigenvalue weighted by Gasteiger charge is 2.34. The third kappa shape index (κ3) is 2.46. The standard InChI is InChI=1S/C13H22N2O/c1-13(6-4-3-5-7-13)12(16)8-11-9-14-15(2)10-11/h9-10,12,16H,3-8H2,1-2H3. The van der Waals surface area contributed by atoms with Crippen LogP contribution in [0, 0.1) is 5.41 Å². The summed E-state index contributed by atoms with van der Waals surface area (Å²) in [7, 11) is 1.91. The van der Waals surface area contributed by atoms with Gasteiger partial charge in [-0.05, 0) is 23.8 Å². The minimum absolute atomic E-state index is 0.119. The maximum atomic E-state index is 10.4. The van der Waals surface area contributed by atoms with Gasteiger partial charge >= 0.3 is 0 Å². The Morgan fingerprint density at radius 2 is 2.12 bits per heavy atom. The van der Waals surface area contributed by atoms with Gasteiger partial charge in [-0.2, -0.15) is 5.10 Å². The molecule has 1 heterocycles. The first-order valence-corrected chi connectivity index (χ1v) is 6.26. The first-order valence-electron chi connectivity index (χ1n) is 6.26. The first kappa shape index (κ1) is 11.6. The molecular weight excluding hydrogens is 200 g/mol. The second kappa shape index (κ2) is 4.58. The fraction of sp³-hybridized carbons (Fsp3) is 0.769. The normalized spacial score (nSPS) is 21.9. The van der Waals surface area contributed by atoms with E-state index in [0.717, 1.165) is 24.8 Å². The molecule has 90 valence electrons. The van der Waals surface area contributed by atoms with Crippen molar-refractivity contribution in [3.05, 3.63) is 18.0 Å². The van der Waals surface area contributed by atoms with Gasteiger partial charge in [-0.25, -0.2) is 0 Å². The molecule has 1 N–H and O–H groups in total. The number of hydrogen-bond donors (Lipinski definition) is 1. The second-order valence-corrected chi connectivity index (χ2v) is 5.46. The van der Waals surface area contributed by atoms with Crippen molar-refractivity contribution in [2.75, 3.05) is 0 Å². The van der Waals surface area contributed by atoms with Crippen LogP contribution in [-0.2, 0) is 13.5 Å². The van der Waals surface area contributed by atoms with Crippen LogP contribution in [0.3, 0.4) is 0 Å². The van der Waals surface area contributed by atoms with Crippen LogP contribution in [0.1, 0.15) is 44.6 Å². The monoisotopic (exact) mass is 222 g/mol. The van der Waals surface area contributed by atoms with Crippen LogP contribution in [0.25, 0.3) is 0 Å². The van der Waals surface area contributed by atoms with Crippen molar-refractivity contribution in [2.24, 2.45) is 12.5 Å². The minimum Gasteiger partial charge on any atom is -0.392 e. The first-order chi connectivity index (χ1) is 7.60. The van der Waals surface area contributed by atoms with Gasteiger partial charge in [0.15, 0.2) is 0 Å². The average Bonchev–Trinajstić information content (AvgIpc) is 2.65. The van der Waals surface area contributed by atoms with E-state index in [1.807, 2.05) is 19.4 Å². The van der Waals surface area contributed by atoms with E-state index < -0.39 is 0 Å². The molecule has 1 saturated carbocycles. The van der Waals surface area contributed by atoms with Gasteiger partial charge < -0.3 is 5.11 Å². The highest BCUT2D eigenvalue weighted by atomic mass is 16.3. The van der Waals surface area contributed by atoms with Crippen LogP contribution < -0.4 is 0 Å². The Bertz CT molecular complexity index is 339. The summed E-state index contributed by atoms with van der Waals surface area (Å²) in [6.45, 7) is 2.23. The van der Waals surface area contributed by atoms with Gasteiger partial charge in [-0.3, -0.25) is 4.68 Å². The third-order valence-electron chi connectivity index (χ3n) is 3.99. The summed E-state index contributed by atoms with van der Waals surface area (Å²) in [5.74, 6) is 0. The van der Waals surface area contributed by atoms with Crippen LogP contribution in [0.2, 0.25) is 0 Å². The van der Waals surface area contributed by atoms with Crippen LogP contribution in [-0.4, -0.2) is 21.0 Å². The molecule has 1 aliphatic rings. The summed E-state index contributed by atoms with van der Waals surface area (Å²) in [5.41, 5.74) is 1.26. The molecule has 0 aliphatic heterocycles. The molecular formula is C13H22N2O. The highest BCUT2D eigenvalue weighted by Crippen LogP contribution is 2.39. The largest absolute Gasteiger partial charge is 0.392 e. The third-order valence-corrected chi connectivity index (χ3v) is 3.99. The smallest absolute Gasteiger partial charge is 0.0635 e. The SMILES string of the molecule is Cn1cc(CC(O)C2(C)CCCCC2)cn1. The molecule has 0 saturated heterocycles. The summed E-state index contributed by atoms with van der Waals surface area (Å²) in [6, 6.07) is 0. The Kier molecular flexibility index (Phi) is 3.33. The Morgan fingerprint density at radius 1 is 1.44 bits per heavy atom. The lowest BCUT2D eigenvalue weighted by Gasteiger charge is -2.37. The number of rotatable bonds is 3. The predicted octanol–water partition coefficient (Wildman–Crippen LogP) is 2.29. The van der Waals surface area contributed by atoms with E-state index >= 15 is 0 Å². The molecule has 1 aliphatic carbocycles. The summed E-state index contributed by atoms with van der Waals surface area (Å²) in [6.07, 6.45) is 10.5. The number of hydrogen-bond acceptors (Lipinski definition) is 2. The van der Waals surface area contributed by atoms with Gasteiger partial charge in [0.25, 0.3) is 0 Å². The second-order valence-electron chi connectivity index (χ2n) is 5.46. The van der Waals surface area contributed by atoms with Crippen LogP contribution in [0.5, 0.6) is 0 Å². The number of aromatic nitrogens is 2. The molecule has 0 aromatic carbocycles. The Hall–Kier alpha value is -0.830. The van der Waals surface area contributed by atoms with E-state index in [2.05, 4.69) is 12.0 Å². The predicted molar refractivity (Wildman–Crippen MR) is 64.1 cm³/mol. The van der Waals surface area contributed by atoms with Gasteiger partial charge in [0.2, 0.25) is 0 Å². The molecule has 2 rings (SSSR count). The molecule has 3 heteroatoms. The fourth-order valence-corrected chi connectivity index (χ4v) is 2.74. The molecule has 3 nitrogen and oxygen atoms in total. The molecule has 1 atom stereocenters. The fourth-order valence-electron chi connectivity index (χ4n) is 2.74. The van der Waals surface area contributed by atoms with Crippen molar-refractivity contribution in [1.82, 2.24) is 9.78 Å². The van der Waals surface area contributed by atoms with E-state index in [4.69, 9.17) is 0 Å². The van der Waals surface area contributed by atoms with Crippen LogP contribution in [0.15, 0.2) is 12.4 Å². The molecule has 1 aromatic heterocycles. The van der Waals surface area contributed by atoms with E-state index in [0.29, 0.717) is 0 Å². The van der Waals surface area contributed by atoms with Crippen molar-refractivity contribution in [1.29, 1.82) is 0 Å². The van der Waals surface area contributed by atoms with Crippen molar-refractivity contribution < 1.29 is 5.11 Å². The van der Waals surface area contributed by atoms with Crippen molar-refractivity contribution in [3.63, 3.8) is 0 Å². The van der Waals surface area contributed by atoms with E-state index in [-0.39, 0.29) is 11.5 Å². The number of aryl methyl sites for hydroxylation is 1. The maximum absolute atomic E-state index is 10.4. The number of nitrogens with zero attached hydrogens (tertiary/aromatic N) is 2. The van der Waals surface area contributed by atoms with Gasteiger partial charge in [-0.1, -0.05) is 26.2 Å². The summed E-state index contributed by atoms with van der Waals surface area (Å²) < 4.78 is 1.80. The number of aliphatic hydroxyl groups is 1. The molecule has 1 fully saturated rings. The van der Waals surface area contributed by atoms with E-state index in [9.17, 15) is 5.11 Å².